The highest BCUT2D eigenvalue weighted by Crippen LogP contribution is 2.28. The van der Waals surface area contributed by atoms with Crippen molar-refractivity contribution in [3.63, 3.8) is 0 Å². The fourth-order valence-electron chi connectivity index (χ4n) is 2.49. The maximum atomic E-state index is 11.3. The number of likely N-dealkylation sites (tertiary alicyclic amines) is 1. The van der Waals surface area contributed by atoms with Crippen molar-refractivity contribution < 1.29 is 4.92 Å². The number of piperidine rings is 1. The van der Waals surface area contributed by atoms with E-state index in [1.54, 1.807) is 6.08 Å². The summed E-state index contributed by atoms with van der Waals surface area (Å²) in [6.45, 7) is 7.66. The Labute approximate surface area is 129 Å². The average molecular weight is 306 g/mol. The summed E-state index contributed by atoms with van der Waals surface area (Å²) in [5.74, 6) is 0.462. The highest BCUT2D eigenvalue weighted by atomic mass is 16.6. The first-order chi connectivity index (χ1) is 10.7. The number of hydrogen-bond donors (Lipinski definition) is 2. The Balaban J connectivity index is 1.99. The molecule has 2 N–H and O–H groups in total. The minimum absolute atomic E-state index is 0.122. The molecule has 1 aromatic heterocycles. The molecule has 0 atom stereocenters. The van der Waals surface area contributed by atoms with Gasteiger partial charge in [0.15, 0.2) is 0 Å². The third-order valence-corrected chi connectivity index (χ3v) is 3.59. The van der Waals surface area contributed by atoms with Crippen molar-refractivity contribution in [2.45, 2.75) is 19.3 Å². The van der Waals surface area contributed by atoms with Crippen molar-refractivity contribution in [3.8, 4) is 0 Å². The van der Waals surface area contributed by atoms with E-state index in [0.29, 0.717) is 13.1 Å². The molecule has 22 heavy (non-hydrogen) atoms. The van der Waals surface area contributed by atoms with Gasteiger partial charge in [0.1, 0.15) is 6.33 Å². The standard InChI is InChI=1S/C14H22N6O2/c1-2-6-15-13-12(20(21)22)14(18-11-17-13)16-7-10-19-8-4-3-5-9-19/h2,11H,1,3-10H2,(H2,15,16,17,18). The normalized spacial score (nSPS) is 15.3. The number of aromatic nitrogens is 2. The van der Waals surface area contributed by atoms with E-state index in [1.165, 1.54) is 25.6 Å². The van der Waals surface area contributed by atoms with Crippen molar-refractivity contribution in [1.82, 2.24) is 14.9 Å². The molecular weight excluding hydrogens is 284 g/mol. The van der Waals surface area contributed by atoms with Crippen molar-refractivity contribution >= 4 is 17.3 Å². The summed E-state index contributed by atoms with van der Waals surface area (Å²) in [6, 6.07) is 0. The van der Waals surface area contributed by atoms with Gasteiger partial charge in [0, 0.05) is 19.6 Å². The van der Waals surface area contributed by atoms with Gasteiger partial charge in [-0.2, -0.15) is 0 Å². The summed E-state index contributed by atoms with van der Waals surface area (Å²) >= 11 is 0. The average Bonchev–Trinajstić information content (AvgIpc) is 2.53. The summed E-state index contributed by atoms with van der Waals surface area (Å²) in [4.78, 5) is 21.1. The quantitative estimate of drug-likeness (QED) is 0.430. The highest BCUT2D eigenvalue weighted by molar-refractivity contribution is 5.69. The van der Waals surface area contributed by atoms with Crippen LogP contribution in [0.15, 0.2) is 19.0 Å². The number of rotatable bonds is 8. The minimum Gasteiger partial charge on any atom is -0.363 e. The first-order valence-corrected chi connectivity index (χ1v) is 7.52. The Morgan fingerprint density at radius 2 is 1.95 bits per heavy atom. The third kappa shape index (κ3) is 4.39. The summed E-state index contributed by atoms with van der Waals surface area (Å²) in [6.07, 6.45) is 6.68. The fourth-order valence-corrected chi connectivity index (χ4v) is 2.49. The Kier molecular flexibility index (Phi) is 6.08. The Bertz CT molecular complexity index is 516. The molecule has 1 aliphatic rings. The van der Waals surface area contributed by atoms with E-state index in [-0.39, 0.29) is 17.3 Å². The van der Waals surface area contributed by atoms with Crippen LogP contribution in [0, 0.1) is 10.1 Å². The number of hydrogen-bond acceptors (Lipinski definition) is 7. The molecule has 1 aromatic rings. The predicted molar refractivity (Wildman–Crippen MR) is 86.2 cm³/mol. The summed E-state index contributed by atoms with van der Waals surface area (Å²) in [7, 11) is 0. The van der Waals surface area contributed by atoms with E-state index in [4.69, 9.17) is 0 Å². The van der Waals surface area contributed by atoms with Crippen LogP contribution in [0.1, 0.15) is 19.3 Å². The zero-order valence-corrected chi connectivity index (χ0v) is 12.6. The van der Waals surface area contributed by atoms with Crippen LogP contribution in [0.5, 0.6) is 0 Å². The van der Waals surface area contributed by atoms with Gasteiger partial charge >= 0.3 is 5.69 Å². The first-order valence-electron chi connectivity index (χ1n) is 7.52. The van der Waals surface area contributed by atoms with Crippen LogP contribution in [0.3, 0.4) is 0 Å². The molecule has 0 aliphatic carbocycles. The van der Waals surface area contributed by atoms with Crippen LogP contribution >= 0.6 is 0 Å². The van der Waals surface area contributed by atoms with Gasteiger partial charge in [0.05, 0.1) is 4.92 Å². The molecule has 0 radical (unpaired) electrons. The van der Waals surface area contributed by atoms with Crippen LogP contribution in [0.4, 0.5) is 17.3 Å². The van der Waals surface area contributed by atoms with Crippen LogP contribution in [0.2, 0.25) is 0 Å². The number of anilines is 2. The Morgan fingerprint density at radius 3 is 2.59 bits per heavy atom. The molecule has 2 rings (SSSR count). The van der Waals surface area contributed by atoms with Gasteiger partial charge in [-0.05, 0) is 25.9 Å². The molecule has 1 saturated heterocycles. The molecule has 0 amide bonds. The van der Waals surface area contributed by atoms with E-state index in [1.807, 2.05) is 0 Å². The van der Waals surface area contributed by atoms with Gasteiger partial charge < -0.3 is 15.5 Å². The lowest BCUT2D eigenvalue weighted by Gasteiger charge is -2.26. The zero-order chi connectivity index (χ0) is 15.8. The molecule has 1 aliphatic heterocycles. The smallest absolute Gasteiger partial charge is 0.353 e. The molecule has 2 heterocycles. The van der Waals surface area contributed by atoms with E-state index in [9.17, 15) is 10.1 Å². The summed E-state index contributed by atoms with van der Waals surface area (Å²) in [5.41, 5.74) is -0.122. The zero-order valence-electron chi connectivity index (χ0n) is 12.6. The second-order valence-electron chi connectivity index (χ2n) is 5.18. The SMILES string of the molecule is C=CCNc1ncnc(NCCN2CCCCC2)c1[N+](=O)[O-]. The van der Waals surface area contributed by atoms with E-state index in [0.717, 1.165) is 19.6 Å². The van der Waals surface area contributed by atoms with Gasteiger partial charge in [0.2, 0.25) is 11.6 Å². The molecule has 0 spiro atoms. The van der Waals surface area contributed by atoms with E-state index < -0.39 is 4.92 Å². The monoisotopic (exact) mass is 306 g/mol. The fraction of sp³-hybridized carbons (Fsp3) is 0.571. The molecule has 120 valence electrons. The van der Waals surface area contributed by atoms with Crippen molar-refractivity contribution in [3.05, 3.63) is 29.1 Å². The summed E-state index contributed by atoms with van der Waals surface area (Å²) in [5, 5.41) is 17.2. The molecular formula is C14H22N6O2. The number of nitrogens with one attached hydrogen (secondary N) is 2. The van der Waals surface area contributed by atoms with Gasteiger partial charge in [-0.3, -0.25) is 10.1 Å². The van der Waals surface area contributed by atoms with Gasteiger partial charge in [0.25, 0.3) is 0 Å². The van der Waals surface area contributed by atoms with Crippen LogP contribution in [0.25, 0.3) is 0 Å². The lowest BCUT2D eigenvalue weighted by atomic mass is 10.1. The molecule has 8 nitrogen and oxygen atoms in total. The van der Waals surface area contributed by atoms with Gasteiger partial charge in [-0.1, -0.05) is 12.5 Å². The maximum absolute atomic E-state index is 11.3. The molecule has 8 heteroatoms. The lowest BCUT2D eigenvalue weighted by Crippen LogP contribution is -2.33. The van der Waals surface area contributed by atoms with Crippen molar-refractivity contribution in [2.75, 3.05) is 43.4 Å². The van der Waals surface area contributed by atoms with Crippen LogP contribution in [-0.2, 0) is 0 Å². The highest BCUT2D eigenvalue weighted by Gasteiger charge is 2.22. The Hall–Kier alpha value is -2.22. The van der Waals surface area contributed by atoms with Gasteiger partial charge in [-0.25, -0.2) is 9.97 Å². The van der Waals surface area contributed by atoms with E-state index >= 15 is 0 Å². The molecule has 0 unspecified atom stereocenters. The first kappa shape index (κ1) is 16.2. The largest absolute Gasteiger partial charge is 0.363 e. The van der Waals surface area contributed by atoms with Crippen LogP contribution < -0.4 is 10.6 Å². The maximum Gasteiger partial charge on any atom is 0.353 e. The molecule has 0 saturated carbocycles. The molecule has 1 fully saturated rings. The summed E-state index contributed by atoms with van der Waals surface area (Å²) < 4.78 is 0. The predicted octanol–water partition coefficient (Wildman–Crippen LogP) is 1.88. The van der Waals surface area contributed by atoms with Crippen LogP contribution in [-0.4, -0.2) is 52.5 Å². The van der Waals surface area contributed by atoms with Crippen molar-refractivity contribution in [1.29, 1.82) is 0 Å². The number of nitrogens with zero attached hydrogens (tertiary/aromatic N) is 4. The molecule has 0 aromatic carbocycles. The van der Waals surface area contributed by atoms with Gasteiger partial charge in [-0.15, -0.1) is 6.58 Å². The minimum atomic E-state index is -0.464. The topological polar surface area (TPSA) is 96.2 Å². The number of nitro groups is 1. The van der Waals surface area contributed by atoms with Crippen molar-refractivity contribution in [2.24, 2.45) is 0 Å². The third-order valence-electron chi connectivity index (χ3n) is 3.59. The Morgan fingerprint density at radius 1 is 1.27 bits per heavy atom. The second kappa shape index (κ2) is 8.28. The van der Waals surface area contributed by atoms with E-state index in [2.05, 4.69) is 32.1 Å². The lowest BCUT2D eigenvalue weighted by molar-refractivity contribution is -0.383. The molecule has 0 bridgehead atoms. The second-order valence-corrected chi connectivity index (χ2v) is 5.18.